The van der Waals surface area contributed by atoms with Crippen LogP contribution < -0.4 is 0 Å². The van der Waals surface area contributed by atoms with Crippen molar-refractivity contribution in [3.63, 3.8) is 0 Å². The largest absolute Gasteiger partial charge is 0.462 e. The molecule has 0 aliphatic heterocycles. The first-order chi connectivity index (χ1) is 39.5. The van der Waals surface area contributed by atoms with Gasteiger partial charge in [-0.25, -0.2) is 0 Å². The first-order valence-electron chi connectivity index (χ1n) is 34.6. The van der Waals surface area contributed by atoms with Gasteiger partial charge in [-0.3, -0.25) is 14.4 Å². The minimum absolute atomic E-state index is 0.0745. The molecule has 0 aliphatic carbocycles. The third-order valence-electron chi connectivity index (χ3n) is 15.1. The van der Waals surface area contributed by atoms with Crippen LogP contribution in [0.5, 0.6) is 0 Å². The van der Waals surface area contributed by atoms with Crippen LogP contribution in [0.25, 0.3) is 0 Å². The lowest BCUT2D eigenvalue weighted by molar-refractivity contribution is -0.167. The Morgan fingerprint density at radius 2 is 0.500 bits per heavy atom. The average Bonchev–Trinajstić information content (AvgIpc) is 3.46. The molecule has 462 valence electrons. The molecule has 0 saturated carbocycles. The molecule has 1 unspecified atom stereocenters. The molecule has 0 radical (unpaired) electrons. The second-order valence-electron chi connectivity index (χ2n) is 23.1. The number of rotatable bonds is 63. The Morgan fingerprint density at radius 1 is 0.263 bits per heavy atom. The van der Waals surface area contributed by atoms with E-state index in [2.05, 4.69) is 106 Å². The van der Waals surface area contributed by atoms with Crippen LogP contribution in [0.1, 0.15) is 348 Å². The molecule has 80 heavy (non-hydrogen) atoms. The highest BCUT2D eigenvalue weighted by Gasteiger charge is 2.19. The molecule has 0 saturated heterocycles. The van der Waals surface area contributed by atoms with Gasteiger partial charge in [0, 0.05) is 19.3 Å². The highest BCUT2D eigenvalue weighted by atomic mass is 16.6. The molecular weight excluding hydrogens is 985 g/mol. The number of hydrogen-bond donors (Lipinski definition) is 0. The van der Waals surface area contributed by atoms with Crippen molar-refractivity contribution in [3.05, 3.63) is 85.1 Å². The lowest BCUT2D eigenvalue weighted by Gasteiger charge is -2.18. The summed E-state index contributed by atoms with van der Waals surface area (Å²) >= 11 is 0. The number of allylic oxidation sites excluding steroid dienone is 14. The fraction of sp³-hybridized carbons (Fsp3) is 0.770. The van der Waals surface area contributed by atoms with Crippen LogP contribution in [-0.2, 0) is 28.6 Å². The molecule has 0 aromatic carbocycles. The van der Waals surface area contributed by atoms with E-state index in [9.17, 15) is 14.4 Å². The molecule has 0 heterocycles. The SMILES string of the molecule is CC/C=C\C/C=C\C/C=C\C/C=C\C/C=C\C/C=C\CCCCCCCCCCCCCCCCC(=O)OCC(COC(=O)CCCCCCC/C=C\CCCC)OC(=O)CCCCCCCCCCCCCCCCCCCC. The van der Waals surface area contributed by atoms with E-state index in [1.165, 1.54) is 205 Å². The average molecular weight is 1120 g/mol. The first-order valence-corrected chi connectivity index (χ1v) is 34.6. The third-order valence-corrected chi connectivity index (χ3v) is 15.1. The number of esters is 3. The zero-order chi connectivity index (χ0) is 57.8. The lowest BCUT2D eigenvalue weighted by Crippen LogP contribution is -2.30. The number of hydrogen-bond acceptors (Lipinski definition) is 6. The molecule has 0 rings (SSSR count). The fourth-order valence-corrected chi connectivity index (χ4v) is 9.96. The van der Waals surface area contributed by atoms with Crippen molar-refractivity contribution in [2.45, 2.75) is 354 Å². The summed E-state index contributed by atoms with van der Waals surface area (Å²) in [6, 6.07) is 0. The quantitative estimate of drug-likeness (QED) is 0.0261. The van der Waals surface area contributed by atoms with E-state index in [1.54, 1.807) is 0 Å². The van der Waals surface area contributed by atoms with Gasteiger partial charge < -0.3 is 14.2 Å². The van der Waals surface area contributed by atoms with E-state index in [-0.39, 0.29) is 31.1 Å². The Bertz CT molecular complexity index is 1520. The summed E-state index contributed by atoms with van der Waals surface area (Å²) < 4.78 is 16.9. The highest BCUT2D eigenvalue weighted by Crippen LogP contribution is 2.18. The van der Waals surface area contributed by atoms with Gasteiger partial charge >= 0.3 is 17.9 Å². The molecule has 0 aromatic rings. The number of carbonyl (C=O) groups is 3. The number of unbranched alkanes of at least 4 members (excludes halogenated alkanes) is 38. The normalized spacial score (nSPS) is 12.6. The zero-order valence-electron chi connectivity index (χ0n) is 53.1. The highest BCUT2D eigenvalue weighted by molar-refractivity contribution is 5.71. The van der Waals surface area contributed by atoms with E-state index >= 15 is 0 Å². The predicted octanol–water partition coefficient (Wildman–Crippen LogP) is 23.8. The molecule has 0 N–H and O–H groups in total. The molecular formula is C74H130O6. The van der Waals surface area contributed by atoms with E-state index in [1.807, 2.05) is 0 Å². The smallest absolute Gasteiger partial charge is 0.306 e. The minimum Gasteiger partial charge on any atom is -0.462 e. The summed E-state index contributed by atoms with van der Waals surface area (Å²) in [7, 11) is 0. The molecule has 1 atom stereocenters. The van der Waals surface area contributed by atoms with Gasteiger partial charge in [-0.15, -0.1) is 0 Å². The molecule has 0 aromatic heterocycles. The Labute approximate surface area is 496 Å². The zero-order valence-corrected chi connectivity index (χ0v) is 53.1. The molecule has 6 nitrogen and oxygen atoms in total. The Morgan fingerprint density at radius 3 is 0.812 bits per heavy atom. The van der Waals surface area contributed by atoms with Gasteiger partial charge in [-0.1, -0.05) is 324 Å². The maximum Gasteiger partial charge on any atom is 0.306 e. The first kappa shape index (κ1) is 76.6. The van der Waals surface area contributed by atoms with Crippen molar-refractivity contribution < 1.29 is 28.6 Å². The Hall–Kier alpha value is -3.41. The monoisotopic (exact) mass is 1110 g/mol. The summed E-state index contributed by atoms with van der Waals surface area (Å²) in [5.41, 5.74) is 0. The van der Waals surface area contributed by atoms with E-state index in [0.29, 0.717) is 19.3 Å². The number of carbonyl (C=O) groups excluding carboxylic acids is 3. The standard InChI is InChI=1S/C74H130O6/c1-4-7-10-13-16-19-22-24-26-28-30-31-32-33-34-35-36-37-38-39-40-41-42-43-44-46-47-49-52-55-58-61-64-67-73(76)79-70-71(69-78-72(75)66-63-60-57-54-51-21-18-15-12-9-6-3)80-74(77)68-65-62-59-56-53-50-48-45-29-27-25-23-20-17-14-11-8-5-2/h7,10,15-16,18-19,24,26,30-31,33-34,36-37,71H,4-6,8-9,11-14,17,20-23,25,27-29,32,35,38-70H2,1-3H3/b10-7-,18-15-,19-16-,26-24-,31-30-,34-33-,37-36-. The second kappa shape index (κ2) is 68.1. The van der Waals surface area contributed by atoms with Crippen molar-refractivity contribution in [2.24, 2.45) is 0 Å². The third kappa shape index (κ3) is 65.4. The van der Waals surface area contributed by atoms with Crippen LogP contribution in [0.15, 0.2) is 85.1 Å². The Kier molecular flexibility index (Phi) is 65.2. The van der Waals surface area contributed by atoms with E-state index < -0.39 is 6.10 Å². The predicted molar refractivity (Wildman–Crippen MR) is 348 cm³/mol. The molecule has 0 bridgehead atoms. The van der Waals surface area contributed by atoms with Crippen LogP contribution in [0.3, 0.4) is 0 Å². The van der Waals surface area contributed by atoms with E-state index in [4.69, 9.17) is 14.2 Å². The van der Waals surface area contributed by atoms with Gasteiger partial charge in [0.15, 0.2) is 6.10 Å². The van der Waals surface area contributed by atoms with Crippen LogP contribution >= 0.6 is 0 Å². The maximum absolute atomic E-state index is 12.9. The molecule has 6 heteroatoms. The fourth-order valence-electron chi connectivity index (χ4n) is 9.96. The van der Waals surface area contributed by atoms with Crippen LogP contribution in [0, 0.1) is 0 Å². The lowest BCUT2D eigenvalue weighted by atomic mass is 10.0. The Balaban J connectivity index is 4.15. The van der Waals surface area contributed by atoms with Gasteiger partial charge in [0.25, 0.3) is 0 Å². The molecule has 0 amide bonds. The van der Waals surface area contributed by atoms with Gasteiger partial charge in [-0.2, -0.15) is 0 Å². The summed E-state index contributed by atoms with van der Waals surface area (Å²) in [5, 5.41) is 0. The molecule has 0 spiro atoms. The summed E-state index contributed by atoms with van der Waals surface area (Å²) in [6.07, 6.45) is 90.4. The van der Waals surface area contributed by atoms with Crippen molar-refractivity contribution in [3.8, 4) is 0 Å². The van der Waals surface area contributed by atoms with E-state index in [0.717, 1.165) is 103 Å². The maximum atomic E-state index is 12.9. The summed E-state index contributed by atoms with van der Waals surface area (Å²) in [6.45, 7) is 6.53. The van der Waals surface area contributed by atoms with Crippen molar-refractivity contribution in [1.82, 2.24) is 0 Å². The van der Waals surface area contributed by atoms with Gasteiger partial charge in [-0.05, 0) is 89.9 Å². The van der Waals surface area contributed by atoms with Crippen molar-refractivity contribution in [1.29, 1.82) is 0 Å². The summed E-state index contributed by atoms with van der Waals surface area (Å²) in [4.78, 5) is 38.3. The second-order valence-corrected chi connectivity index (χ2v) is 23.1. The van der Waals surface area contributed by atoms with Crippen LogP contribution in [-0.4, -0.2) is 37.2 Å². The minimum atomic E-state index is -0.777. The molecule has 0 fully saturated rings. The number of ether oxygens (including phenoxy) is 3. The molecule has 0 aliphatic rings. The topological polar surface area (TPSA) is 78.9 Å². The van der Waals surface area contributed by atoms with Crippen molar-refractivity contribution >= 4 is 17.9 Å². The van der Waals surface area contributed by atoms with Crippen LogP contribution in [0.2, 0.25) is 0 Å². The summed E-state index contributed by atoms with van der Waals surface area (Å²) in [5.74, 6) is -0.866. The van der Waals surface area contributed by atoms with Crippen LogP contribution in [0.4, 0.5) is 0 Å². The van der Waals surface area contributed by atoms with Crippen molar-refractivity contribution in [2.75, 3.05) is 13.2 Å². The van der Waals surface area contributed by atoms with Gasteiger partial charge in [0.05, 0.1) is 0 Å². The van der Waals surface area contributed by atoms with Gasteiger partial charge in [0.2, 0.25) is 0 Å². The van der Waals surface area contributed by atoms with Gasteiger partial charge in [0.1, 0.15) is 13.2 Å².